The van der Waals surface area contributed by atoms with Crippen molar-refractivity contribution in [3.05, 3.63) is 72.2 Å². The van der Waals surface area contributed by atoms with Crippen molar-refractivity contribution in [3.63, 3.8) is 0 Å². The third-order valence-corrected chi connectivity index (χ3v) is 2.98. The molecule has 3 rings (SSSR count). The van der Waals surface area contributed by atoms with Crippen molar-refractivity contribution in [2.75, 3.05) is 0 Å². The number of carbonyl (C=O) groups is 1. The average Bonchev–Trinajstić information content (AvgIpc) is 3.04. The van der Waals surface area contributed by atoms with Gasteiger partial charge in [0, 0.05) is 30.6 Å². The Morgan fingerprint density at radius 2 is 2.00 bits per heavy atom. The minimum Gasteiger partial charge on any atom is -0.350 e. The van der Waals surface area contributed by atoms with E-state index in [1.165, 1.54) is 0 Å². The van der Waals surface area contributed by atoms with Gasteiger partial charge in [0.25, 0.3) is 5.91 Å². The summed E-state index contributed by atoms with van der Waals surface area (Å²) in [6.45, 7) is 0.397. The number of benzene rings is 1. The van der Waals surface area contributed by atoms with Gasteiger partial charge in [-0.1, -0.05) is 41.6 Å². The average molecular weight is 279 g/mol. The molecule has 2 heterocycles. The number of nitrogens with zero attached hydrogens (tertiary/aromatic N) is 2. The van der Waals surface area contributed by atoms with Gasteiger partial charge in [0.05, 0.1) is 0 Å². The van der Waals surface area contributed by atoms with Gasteiger partial charge < -0.3 is 9.84 Å². The first-order valence-corrected chi connectivity index (χ1v) is 6.52. The summed E-state index contributed by atoms with van der Waals surface area (Å²) < 4.78 is 5.09. The SMILES string of the molecule is O=C(NCc1cccnc1)c1cc(-c2ccccc2)no1. The molecule has 1 amide bonds. The highest BCUT2D eigenvalue weighted by molar-refractivity contribution is 5.92. The van der Waals surface area contributed by atoms with Crippen molar-refractivity contribution in [3.8, 4) is 11.3 Å². The first kappa shape index (κ1) is 13.1. The van der Waals surface area contributed by atoms with Crippen molar-refractivity contribution in [2.45, 2.75) is 6.54 Å². The fourth-order valence-corrected chi connectivity index (χ4v) is 1.90. The molecule has 0 radical (unpaired) electrons. The Bertz CT molecular complexity index is 724. The third-order valence-electron chi connectivity index (χ3n) is 2.98. The summed E-state index contributed by atoms with van der Waals surface area (Å²) in [7, 11) is 0. The van der Waals surface area contributed by atoms with E-state index in [4.69, 9.17) is 4.52 Å². The predicted molar refractivity (Wildman–Crippen MR) is 77.3 cm³/mol. The Labute approximate surface area is 121 Å². The van der Waals surface area contributed by atoms with E-state index < -0.39 is 0 Å². The van der Waals surface area contributed by atoms with E-state index in [-0.39, 0.29) is 11.7 Å². The van der Waals surface area contributed by atoms with Crippen molar-refractivity contribution in [1.82, 2.24) is 15.5 Å². The second kappa shape index (κ2) is 6.00. The van der Waals surface area contributed by atoms with E-state index in [1.54, 1.807) is 18.5 Å². The number of hydrogen-bond acceptors (Lipinski definition) is 4. The van der Waals surface area contributed by atoms with Gasteiger partial charge in [-0.25, -0.2) is 0 Å². The van der Waals surface area contributed by atoms with Gasteiger partial charge in [0.1, 0.15) is 5.69 Å². The van der Waals surface area contributed by atoms with Crippen LogP contribution < -0.4 is 5.32 Å². The van der Waals surface area contributed by atoms with Gasteiger partial charge in [0.15, 0.2) is 0 Å². The molecule has 5 heteroatoms. The fourth-order valence-electron chi connectivity index (χ4n) is 1.90. The molecule has 0 atom stereocenters. The highest BCUT2D eigenvalue weighted by atomic mass is 16.5. The summed E-state index contributed by atoms with van der Waals surface area (Å²) in [5.74, 6) is -0.105. The molecule has 0 bridgehead atoms. The van der Waals surface area contributed by atoms with Crippen LogP contribution in [0.4, 0.5) is 0 Å². The van der Waals surface area contributed by atoms with Gasteiger partial charge in [-0.05, 0) is 11.6 Å². The molecule has 1 aromatic carbocycles. The number of pyridine rings is 1. The smallest absolute Gasteiger partial charge is 0.290 e. The number of carbonyl (C=O) groups excluding carboxylic acids is 1. The molecule has 3 aromatic rings. The monoisotopic (exact) mass is 279 g/mol. The van der Waals surface area contributed by atoms with Crippen molar-refractivity contribution >= 4 is 5.91 Å². The summed E-state index contributed by atoms with van der Waals surface area (Å²) in [6.07, 6.45) is 3.39. The van der Waals surface area contributed by atoms with Gasteiger partial charge in [-0.2, -0.15) is 0 Å². The summed E-state index contributed by atoms with van der Waals surface area (Å²) in [4.78, 5) is 16.0. The second-order valence-corrected chi connectivity index (χ2v) is 4.49. The fraction of sp³-hybridized carbons (Fsp3) is 0.0625. The largest absolute Gasteiger partial charge is 0.350 e. The van der Waals surface area contributed by atoms with Crippen LogP contribution in [0.5, 0.6) is 0 Å². The second-order valence-electron chi connectivity index (χ2n) is 4.49. The molecule has 104 valence electrons. The van der Waals surface area contributed by atoms with Crippen LogP contribution in [0.25, 0.3) is 11.3 Å². The van der Waals surface area contributed by atoms with E-state index in [2.05, 4.69) is 15.5 Å². The quantitative estimate of drug-likeness (QED) is 0.797. The predicted octanol–water partition coefficient (Wildman–Crippen LogP) is 2.67. The van der Waals surface area contributed by atoms with Crippen LogP contribution in [0.3, 0.4) is 0 Å². The zero-order valence-electron chi connectivity index (χ0n) is 11.2. The van der Waals surface area contributed by atoms with Crippen LogP contribution in [-0.4, -0.2) is 16.0 Å². The normalized spacial score (nSPS) is 10.3. The Morgan fingerprint density at radius 1 is 1.14 bits per heavy atom. The maximum atomic E-state index is 12.0. The highest BCUT2D eigenvalue weighted by Crippen LogP contribution is 2.18. The van der Waals surface area contributed by atoms with E-state index in [0.717, 1.165) is 11.1 Å². The molecule has 0 unspecified atom stereocenters. The lowest BCUT2D eigenvalue weighted by molar-refractivity contribution is 0.0914. The molecule has 0 saturated carbocycles. The molecule has 0 aliphatic carbocycles. The molecule has 0 aliphatic heterocycles. The lowest BCUT2D eigenvalue weighted by Crippen LogP contribution is -2.22. The van der Waals surface area contributed by atoms with Gasteiger partial charge in [-0.15, -0.1) is 0 Å². The standard InChI is InChI=1S/C16H13N3O2/c20-16(18-11-12-5-4-8-17-10-12)15-9-14(19-21-15)13-6-2-1-3-7-13/h1-10H,11H2,(H,18,20). The van der Waals surface area contributed by atoms with Crippen molar-refractivity contribution in [1.29, 1.82) is 0 Å². The maximum absolute atomic E-state index is 12.0. The van der Waals surface area contributed by atoms with Crippen LogP contribution in [0.2, 0.25) is 0 Å². The first-order chi connectivity index (χ1) is 10.3. The lowest BCUT2D eigenvalue weighted by atomic mass is 10.1. The van der Waals surface area contributed by atoms with E-state index in [0.29, 0.717) is 12.2 Å². The molecule has 0 fully saturated rings. The molecular formula is C16H13N3O2. The van der Waals surface area contributed by atoms with Crippen LogP contribution in [0.1, 0.15) is 16.1 Å². The van der Waals surface area contributed by atoms with Gasteiger partial charge in [0.2, 0.25) is 5.76 Å². The molecule has 5 nitrogen and oxygen atoms in total. The number of amides is 1. The molecule has 0 aliphatic rings. The molecule has 21 heavy (non-hydrogen) atoms. The zero-order chi connectivity index (χ0) is 14.5. The summed E-state index contributed by atoms with van der Waals surface area (Å²) in [5, 5.41) is 6.68. The minimum absolute atomic E-state index is 0.192. The Balaban J connectivity index is 1.67. The molecule has 0 saturated heterocycles. The summed E-state index contributed by atoms with van der Waals surface area (Å²) in [6, 6.07) is 14.9. The summed E-state index contributed by atoms with van der Waals surface area (Å²) >= 11 is 0. The highest BCUT2D eigenvalue weighted by Gasteiger charge is 2.13. The number of nitrogens with one attached hydrogen (secondary N) is 1. The zero-order valence-corrected chi connectivity index (χ0v) is 11.2. The van der Waals surface area contributed by atoms with E-state index in [9.17, 15) is 4.79 Å². The van der Waals surface area contributed by atoms with Crippen LogP contribution in [-0.2, 0) is 6.54 Å². The number of rotatable bonds is 4. The lowest BCUT2D eigenvalue weighted by Gasteiger charge is -2.01. The molecule has 2 aromatic heterocycles. The Morgan fingerprint density at radius 3 is 2.76 bits per heavy atom. The van der Waals surface area contributed by atoms with Crippen molar-refractivity contribution in [2.24, 2.45) is 0 Å². The van der Waals surface area contributed by atoms with Gasteiger partial charge >= 0.3 is 0 Å². The maximum Gasteiger partial charge on any atom is 0.290 e. The minimum atomic E-state index is -0.298. The van der Waals surface area contributed by atoms with E-state index >= 15 is 0 Å². The number of hydrogen-bond donors (Lipinski definition) is 1. The molecule has 0 spiro atoms. The third kappa shape index (κ3) is 3.14. The van der Waals surface area contributed by atoms with Crippen molar-refractivity contribution < 1.29 is 9.32 Å². The topological polar surface area (TPSA) is 68.0 Å². The Hall–Kier alpha value is -2.95. The van der Waals surface area contributed by atoms with Crippen LogP contribution in [0, 0.1) is 0 Å². The molecular weight excluding hydrogens is 266 g/mol. The van der Waals surface area contributed by atoms with Gasteiger partial charge in [-0.3, -0.25) is 9.78 Å². The van der Waals surface area contributed by atoms with Crippen LogP contribution in [0.15, 0.2) is 65.4 Å². The first-order valence-electron chi connectivity index (χ1n) is 6.52. The molecule has 1 N–H and O–H groups in total. The van der Waals surface area contributed by atoms with Crippen LogP contribution >= 0.6 is 0 Å². The number of aromatic nitrogens is 2. The Kier molecular flexibility index (Phi) is 3.73. The van der Waals surface area contributed by atoms with E-state index in [1.807, 2.05) is 42.5 Å². The summed E-state index contributed by atoms with van der Waals surface area (Å²) in [5.41, 5.74) is 2.48.